The first-order chi connectivity index (χ1) is 31.5. The highest BCUT2D eigenvalue weighted by Gasteiger charge is 2.50. The molecule has 0 radical (unpaired) electrons. The topological polar surface area (TPSA) is 137 Å². The molecule has 4 saturated heterocycles. The number of halogens is 2. The van der Waals surface area contributed by atoms with Crippen molar-refractivity contribution in [1.82, 2.24) is 34.5 Å². The lowest BCUT2D eigenvalue weighted by atomic mass is 9.69. The Hall–Kier alpha value is -5.34. The Kier molecular flexibility index (Phi) is 9.72. The van der Waals surface area contributed by atoms with E-state index in [0.29, 0.717) is 79.6 Å². The van der Waals surface area contributed by atoms with Gasteiger partial charge in [0, 0.05) is 54.2 Å². The lowest BCUT2D eigenvalue weighted by molar-refractivity contribution is -0.136. The fraction of sp³-hybridized carbons (Fsp3) is 0.520. The van der Waals surface area contributed by atoms with Crippen molar-refractivity contribution in [2.75, 3.05) is 45.9 Å². The molecule has 15 heteroatoms. The van der Waals surface area contributed by atoms with Crippen molar-refractivity contribution >= 4 is 46.3 Å². The molecule has 1 saturated carbocycles. The summed E-state index contributed by atoms with van der Waals surface area (Å²) in [7, 11) is 0. The lowest BCUT2D eigenvalue weighted by Gasteiger charge is -2.45. The third-order valence-corrected chi connectivity index (χ3v) is 17.1. The van der Waals surface area contributed by atoms with Crippen molar-refractivity contribution in [2.24, 2.45) is 0 Å². The number of hydrogen-bond acceptors (Lipinski definition) is 8. The third kappa shape index (κ3) is 6.32. The number of amides is 5. The highest BCUT2D eigenvalue weighted by atomic mass is 35.5. The third-order valence-electron chi connectivity index (χ3n) is 16.7. The molecule has 4 aromatic rings. The molecule has 2 unspecified atom stereocenters. The average Bonchev–Trinajstić information content (AvgIpc) is 3.93. The van der Waals surface area contributed by atoms with E-state index < -0.39 is 18.1 Å². The van der Waals surface area contributed by atoms with E-state index in [0.717, 1.165) is 79.8 Å². The largest absolute Gasteiger partial charge is 0.492 e. The number of imide groups is 1. The van der Waals surface area contributed by atoms with Crippen molar-refractivity contribution < 1.29 is 28.3 Å². The number of rotatable bonds is 3. The van der Waals surface area contributed by atoms with Gasteiger partial charge in [-0.15, -0.1) is 0 Å². The van der Waals surface area contributed by atoms with Crippen LogP contribution in [0.3, 0.4) is 0 Å². The van der Waals surface area contributed by atoms with Crippen LogP contribution < -0.4 is 15.6 Å². The first-order valence-corrected chi connectivity index (χ1v) is 24.1. The normalized spacial score (nSPS) is 26.0. The zero-order valence-electron chi connectivity index (χ0n) is 36.5. The molecule has 5 amide bonds. The van der Waals surface area contributed by atoms with Gasteiger partial charge in [-0.25, -0.2) is 9.18 Å². The second kappa shape index (κ2) is 15.4. The van der Waals surface area contributed by atoms with Crippen LogP contribution >= 0.6 is 11.6 Å². The quantitative estimate of drug-likeness (QED) is 0.230. The van der Waals surface area contributed by atoms with Gasteiger partial charge in [0.1, 0.15) is 23.8 Å². The molecule has 65 heavy (non-hydrogen) atoms. The number of benzene rings is 3. The van der Waals surface area contributed by atoms with Crippen LogP contribution in [0.5, 0.6) is 5.75 Å². The van der Waals surface area contributed by atoms with Gasteiger partial charge in [0.15, 0.2) is 0 Å². The van der Waals surface area contributed by atoms with Crippen molar-refractivity contribution in [1.29, 1.82) is 0 Å². The number of nitrogens with zero attached hydrogens (tertiary/aromatic N) is 6. The molecule has 8 heterocycles. The number of piperidine rings is 4. The molecule has 3 atom stereocenters. The molecule has 7 aliphatic heterocycles. The summed E-state index contributed by atoms with van der Waals surface area (Å²) in [6.07, 6.45) is 8.49. The minimum absolute atomic E-state index is 0.0883. The predicted molar refractivity (Wildman–Crippen MR) is 241 cm³/mol. The standard InChI is InChI=1S/C50H53ClFN7O6/c51-35-5-4-6-39-42(35)45(62)54-47-50(16-2-1-3-17-50)34-25-30(7-10-37(34)59(39)47)29-13-20-55(21-14-29)38-15-22-57(27-36(38)52)48(64)56-23-18-49(19-24-56)28-65-43-32-26-58(40-11-12-41(60)53-44(40)61)46(63)31(32)8-9-33(43)49/h4-10,25,29,36,38,40H,1-3,11-24,26-28H2,(H,53,60,61)/t36?,38?,40-/m0/s1. The van der Waals surface area contributed by atoms with Gasteiger partial charge in [0.2, 0.25) is 11.8 Å². The zero-order chi connectivity index (χ0) is 44.4. The maximum Gasteiger partial charge on any atom is 0.320 e. The number of aromatic nitrogens is 2. The SMILES string of the molecule is O=C1CC[C@H](N2Cc3c(ccc4c3OCC43CCN(C(=O)N4CCC(N5CCC(c6ccc7c(c6)C6(CCCCC6)c6nc(=O)c8c(Cl)cccc8n6-7)CC5)C(F)C4)CC3)C2=O)C(=O)N1. The Balaban J connectivity index is 0.676. The number of likely N-dealkylation sites (tertiary alicyclic amines) is 3. The maximum absolute atomic E-state index is 16.2. The van der Waals surface area contributed by atoms with Gasteiger partial charge in [-0.1, -0.05) is 55.1 Å². The Labute approximate surface area is 381 Å². The molecule has 338 valence electrons. The number of carbonyl (C=O) groups excluding carboxylic acids is 4. The molecule has 12 rings (SSSR count). The fourth-order valence-corrected chi connectivity index (χ4v) is 13.5. The molecule has 1 aromatic heterocycles. The van der Waals surface area contributed by atoms with Gasteiger partial charge in [-0.05, 0) is 106 Å². The maximum atomic E-state index is 16.2. The second-order valence-corrected chi connectivity index (χ2v) is 20.4. The van der Waals surface area contributed by atoms with Crippen LogP contribution in [0.4, 0.5) is 9.18 Å². The van der Waals surface area contributed by atoms with Gasteiger partial charge in [0.25, 0.3) is 11.5 Å². The fourth-order valence-electron chi connectivity index (χ4n) is 13.2. The highest BCUT2D eigenvalue weighted by molar-refractivity contribution is 6.35. The van der Waals surface area contributed by atoms with Crippen molar-refractivity contribution in [3.63, 3.8) is 0 Å². The monoisotopic (exact) mass is 901 g/mol. The van der Waals surface area contributed by atoms with Gasteiger partial charge < -0.3 is 19.4 Å². The molecular formula is C50H53ClFN7O6. The second-order valence-electron chi connectivity index (χ2n) is 20.0. The van der Waals surface area contributed by atoms with Crippen LogP contribution in [0, 0.1) is 0 Å². The summed E-state index contributed by atoms with van der Waals surface area (Å²) in [5.74, 6) is 0.914. The Bertz CT molecular complexity index is 2760. The van der Waals surface area contributed by atoms with E-state index in [9.17, 15) is 24.0 Å². The summed E-state index contributed by atoms with van der Waals surface area (Å²) < 4.78 is 24.8. The van der Waals surface area contributed by atoms with E-state index >= 15 is 4.39 Å². The number of carbonyl (C=O) groups is 4. The van der Waals surface area contributed by atoms with Crippen LogP contribution in [0.1, 0.15) is 121 Å². The van der Waals surface area contributed by atoms with E-state index in [-0.39, 0.29) is 59.8 Å². The smallest absolute Gasteiger partial charge is 0.320 e. The molecular weight excluding hydrogens is 849 g/mol. The first kappa shape index (κ1) is 41.1. The Morgan fingerprint density at radius 2 is 1.66 bits per heavy atom. The number of hydrogen-bond donors (Lipinski definition) is 1. The number of nitrogens with one attached hydrogen (secondary N) is 1. The Morgan fingerprint density at radius 1 is 0.862 bits per heavy atom. The van der Waals surface area contributed by atoms with Crippen LogP contribution in [0.25, 0.3) is 16.6 Å². The number of fused-ring (bicyclic) bond motifs is 11. The Morgan fingerprint density at radius 3 is 2.43 bits per heavy atom. The molecule has 3 aromatic carbocycles. The minimum Gasteiger partial charge on any atom is -0.492 e. The van der Waals surface area contributed by atoms with Crippen molar-refractivity contribution in [2.45, 2.75) is 119 Å². The number of ether oxygens (including phenoxy) is 1. The number of urea groups is 1. The van der Waals surface area contributed by atoms with E-state index in [4.69, 9.17) is 21.3 Å². The predicted octanol–water partition coefficient (Wildman–Crippen LogP) is 6.50. The molecule has 8 aliphatic rings. The van der Waals surface area contributed by atoms with Crippen LogP contribution in [-0.2, 0) is 27.0 Å². The highest BCUT2D eigenvalue weighted by Crippen LogP contribution is 2.53. The summed E-state index contributed by atoms with van der Waals surface area (Å²) in [5.41, 5.74) is 5.98. The molecule has 0 bridgehead atoms. The molecule has 5 fully saturated rings. The number of alkyl halides is 1. The van der Waals surface area contributed by atoms with Gasteiger partial charge in [-0.2, -0.15) is 4.98 Å². The van der Waals surface area contributed by atoms with Gasteiger partial charge >= 0.3 is 6.03 Å². The van der Waals surface area contributed by atoms with E-state index in [1.807, 2.05) is 29.2 Å². The molecule has 1 aliphatic carbocycles. The average molecular weight is 902 g/mol. The van der Waals surface area contributed by atoms with E-state index in [2.05, 4.69) is 33.0 Å². The van der Waals surface area contributed by atoms with Crippen molar-refractivity contribution in [3.8, 4) is 11.4 Å². The molecule has 2 spiro atoms. The first-order valence-electron chi connectivity index (χ1n) is 23.8. The summed E-state index contributed by atoms with van der Waals surface area (Å²) in [4.78, 5) is 77.4. The van der Waals surface area contributed by atoms with Gasteiger partial charge in [0.05, 0.1) is 46.7 Å². The summed E-state index contributed by atoms with van der Waals surface area (Å²) >= 11 is 6.57. The zero-order valence-corrected chi connectivity index (χ0v) is 37.2. The van der Waals surface area contributed by atoms with Gasteiger partial charge in [-0.3, -0.25) is 34.0 Å². The van der Waals surface area contributed by atoms with E-state index in [1.54, 1.807) is 15.9 Å². The molecule has 1 N–H and O–H groups in total. The summed E-state index contributed by atoms with van der Waals surface area (Å²) in [6, 6.07) is 15.3. The summed E-state index contributed by atoms with van der Waals surface area (Å²) in [5, 5.41) is 3.26. The molecule has 13 nitrogen and oxygen atoms in total. The summed E-state index contributed by atoms with van der Waals surface area (Å²) in [6.45, 7) is 3.98. The van der Waals surface area contributed by atoms with Crippen molar-refractivity contribution in [3.05, 3.63) is 97.5 Å². The van der Waals surface area contributed by atoms with E-state index in [1.165, 1.54) is 17.5 Å². The van der Waals surface area contributed by atoms with Crippen LogP contribution in [0.15, 0.2) is 53.3 Å². The lowest BCUT2D eigenvalue weighted by Crippen LogP contribution is -2.58. The van der Waals surface area contributed by atoms with Crippen LogP contribution in [0.2, 0.25) is 5.02 Å². The minimum atomic E-state index is -1.14. The van der Waals surface area contributed by atoms with Crippen LogP contribution in [-0.4, -0.2) is 117 Å².